The summed E-state index contributed by atoms with van der Waals surface area (Å²) in [7, 11) is 3.39. The summed E-state index contributed by atoms with van der Waals surface area (Å²) in [6.07, 6.45) is 0. The second kappa shape index (κ2) is 6.44. The summed E-state index contributed by atoms with van der Waals surface area (Å²) in [5.41, 5.74) is 1.02. The average Bonchev–Trinajstić information content (AvgIpc) is 2.39. The lowest BCUT2D eigenvalue weighted by Gasteiger charge is -2.24. The van der Waals surface area contributed by atoms with Gasteiger partial charge < -0.3 is 14.8 Å². The molecule has 0 aliphatic rings. The van der Waals surface area contributed by atoms with Crippen molar-refractivity contribution in [3.63, 3.8) is 0 Å². The molecule has 0 aliphatic heterocycles. The molecule has 0 aromatic heterocycles. The van der Waals surface area contributed by atoms with Crippen molar-refractivity contribution in [2.24, 2.45) is 0 Å². The van der Waals surface area contributed by atoms with Gasteiger partial charge in [0.15, 0.2) is 0 Å². The van der Waals surface area contributed by atoms with E-state index in [0.717, 1.165) is 17.1 Å². The minimum Gasteiger partial charge on any atom is -0.497 e. The summed E-state index contributed by atoms with van der Waals surface area (Å²) in [5.74, 6) is 1.60. The fraction of sp³-hybridized carbons (Fsp3) is 0.533. The molecule has 0 radical (unpaired) electrons. The van der Waals surface area contributed by atoms with Crippen molar-refractivity contribution in [1.29, 1.82) is 5.26 Å². The van der Waals surface area contributed by atoms with Crippen LogP contribution in [0, 0.1) is 11.3 Å². The lowest BCUT2D eigenvalue weighted by atomic mass is 9.86. The first-order valence-electron chi connectivity index (χ1n) is 6.30. The number of likely N-dealkylation sites (N-methyl/N-ethyl adjacent to an activating group) is 1. The van der Waals surface area contributed by atoms with E-state index in [9.17, 15) is 0 Å². The normalized spacial score (nSPS) is 12.6. The molecule has 1 aromatic carbocycles. The molecule has 0 fully saturated rings. The molecule has 1 unspecified atom stereocenters. The van der Waals surface area contributed by atoms with Crippen molar-refractivity contribution < 1.29 is 9.47 Å². The quantitative estimate of drug-likeness (QED) is 0.885. The predicted molar refractivity (Wildman–Crippen MR) is 75.6 cm³/mol. The Kier molecular flexibility index (Phi) is 5.20. The number of benzene rings is 1. The molecule has 4 heteroatoms. The van der Waals surface area contributed by atoms with E-state index in [1.807, 2.05) is 18.2 Å². The molecule has 0 saturated carbocycles. The predicted octanol–water partition coefficient (Wildman–Crippen LogP) is 2.48. The van der Waals surface area contributed by atoms with Crippen molar-refractivity contribution >= 4 is 0 Å². The lowest BCUT2D eigenvalue weighted by molar-refractivity contribution is 0.287. The SMILES string of the molecule is CNC(C#N)COc1ccc(OC)cc1C(C)(C)C. The van der Waals surface area contributed by atoms with Gasteiger partial charge in [-0.15, -0.1) is 0 Å². The van der Waals surface area contributed by atoms with E-state index in [4.69, 9.17) is 14.7 Å². The van der Waals surface area contributed by atoms with Crippen LogP contribution in [0.2, 0.25) is 0 Å². The van der Waals surface area contributed by atoms with Gasteiger partial charge >= 0.3 is 0 Å². The number of ether oxygens (including phenoxy) is 2. The van der Waals surface area contributed by atoms with Gasteiger partial charge in [0.2, 0.25) is 0 Å². The maximum absolute atomic E-state index is 8.90. The van der Waals surface area contributed by atoms with Crippen LogP contribution >= 0.6 is 0 Å². The van der Waals surface area contributed by atoms with Crippen LogP contribution in [0.1, 0.15) is 26.3 Å². The van der Waals surface area contributed by atoms with Gasteiger partial charge in [0, 0.05) is 5.56 Å². The number of methoxy groups -OCH3 is 1. The molecule has 19 heavy (non-hydrogen) atoms. The molecule has 1 atom stereocenters. The Hall–Kier alpha value is -1.73. The molecule has 0 heterocycles. The highest BCUT2D eigenvalue weighted by molar-refractivity contribution is 5.44. The largest absolute Gasteiger partial charge is 0.497 e. The third-order valence-corrected chi connectivity index (χ3v) is 2.90. The molecule has 1 rings (SSSR count). The fourth-order valence-electron chi connectivity index (χ4n) is 1.71. The van der Waals surface area contributed by atoms with Gasteiger partial charge in [0.1, 0.15) is 24.1 Å². The van der Waals surface area contributed by atoms with Crippen LogP contribution in [0.25, 0.3) is 0 Å². The molecule has 0 spiro atoms. The summed E-state index contributed by atoms with van der Waals surface area (Å²) in [5, 5.41) is 11.8. The molecule has 0 saturated heterocycles. The Morgan fingerprint density at radius 1 is 1.37 bits per heavy atom. The van der Waals surface area contributed by atoms with Crippen molar-refractivity contribution in [3.05, 3.63) is 23.8 Å². The summed E-state index contributed by atoms with van der Waals surface area (Å²) in [6.45, 7) is 6.68. The van der Waals surface area contributed by atoms with Crippen LogP contribution in [0.3, 0.4) is 0 Å². The van der Waals surface area contributed by atoms with Gasteiger partial charge in [-0.3, -0.25) is 0 Å². The standard InChI is InChI=1S/C15H22N2O2/c1-15(2,3)13-8-12(18-5)6-7-14(13)19-10-11(9-16)17-4/h6-8,11,17H,10H2,1-5H3. The van der Waals surface area contributed by atoms with Gasteiger partial charge in [0.25, 0.3) is 0 Å². The maximum atomic E-state index is 8.90. The maximum Gasteiger partial charge on any atom is 0.129 e. The van der Waals surface area contributed by atoms with E-state index in [1.165, 1.54) is 0 Å². The lowest BCUT2D eigenvalue weighted by Crippen LogP contribution is -2.30. The molecule has 0 bridgehead atoms. The molecule has 1 N–H and O–H groups in total. The van der Waals surface area contributed by atoms with Gasteiger partial charge in [0.05, 0.1) is 13.2 Å². The highest BCUT2D eigenvalue weighted by Gasteiger charge is 2.20. The first-order valence-corrected chi connectivity index (χ1v) is 6.30. The Morgan fingerprint density at radius 2 is 2.05 bits per heavy atom. The Morgan fingerprint density at radius 3 is 2.53 bits per heavy atom. The van der Waals surface area contributed by atoms with E-state index < -0.39 is 0 Å². The Balaban J connectivity index is 2.97. The first-order chi connectivity index (χ1) is 8.92. The van der Waals surface area contributed by atoms with E-state index in [2.05, 4.69) is 32.2 Å². The van der Waals surface area contributed by atoms with Crippen LogP contribution in [-0.2, 0) is 5.41 Å². The van der Waals surface area contributed by atoms with Crippen LogP contribution < -0.4 is 14.8 Å². The van der Waals surface area contributed by atoms with Gasteiger partial charge in [-0.05, 0) is 30.7 Å². The smallest absolute Gasteiger partial charge is 0.129 e. The topological polar surface area (TPSA) is 54.3 Å². The molecule has 1 aromatic rings. The zero-order valence-corrected chi connectivity index (χ0v) is 12.3. The Bertz CT molecular complexity index is 458. The second-order valence-corrected chi connectivity index (χ2v) is 5.39. The molecule has 0 amide bonds. The highest BCUT2D eigenvalue weighted by atomic mass is 16.5. The van der Waals surface area contributed by atoms with Crippen LogP contribution in [0.5, 0.6) is 11.5 Å². The van der Waals surface area contributed by atoms with Crippen molar-refractivity contribution in [2.45, 2.75) is 32.2 Å². The fourth-order valence-corrected chi connectivity index (χ4v) is 1.71. The van der Waals surface area contributed by atoms with Gasteiger partial charge in [-0.2, -0.15) is 5.26 Å². The monoisotopic (exact) mass is 262 g/mol. The molecule has 104 valence electrons. The average molecular weight is 262 g/mol. The summed E-state index contributed by atoms with van der Waals surface area (Å²) < 4.78 is 11.0. The van der Waals surface area contributed by atoms with E-state index in [-0.39, 0.29) is 11.5 Å². The van der Waals surface area contributed by atoms with Crippen molar-refractivity contribution in [1.82, 2.24) is 5.32 Å². The number of hydrogen-bond donors (Lipinski definition) is 1. The zero-order chi connectivity index (χ0) is 14.5. The molecule has 4 nitrogen and oxygen atoms in total. The third-order valence-electron chi connectivity index (χ3n) is 2.90. The minimum atomic E-state index is -0.310. The summed E-state index contributed by atoms with van der Waals surface area (Å²) >= 11 is 0. The first kappa shape index (κ1) is 15.3. The summed E-state index contributed by atoms with van der Waals surface area (Å²) in [6, 6.07) is 7.57. The van der Waals surface area contributed by atoms with Gasteiger partial charge in [-0.1, -0.05) is 20.8 Å². The third kappa shape index (κ3) is 4.15. The minimum absolute atomic E-state index is 0.0499. The number of nitrogens with zero attached hydrogens (tertiary/aromatic N) is 1. The van der Waals surface area contributed by atoms with E-state index in [0.29, 0.717) is 6.61 Å². The van der Waals surface area contributed by atoms with Gasteiger partial charge in [-0.25, -0.2) is 0 Å². The van der Waals surface area contributed by atoms with Crippen molar-refractivity contribution in [2.75, 3.05) is 20.8 Å². The molecular formula is C15H22N2O2. The molecule has 0 aliphatic carbocycles. The highest BCUT2D eigenvalue weighted by Crippen LogP contribution is 2.34. The number of nitriles is 1. The van der Waals surface area contributed by atoms with Crippen LogP contribution in [-0.4, -0.2) is 26.8 Å². The number of rotatable bonds is 5. The van der Waals surface area contributed by atoms with Crippen molar-refractivity contribution in [3.8, 4) is 17.6 Å². The van der Waals surface area contributed by atoms with E-state index in [1.54, 1.807) is 14.2 Å². The second-order valence-electron chi connectivity index (χ2n) is 5.39. The molecular weight excluding hydrogens is 240 g/mol. The van der Waals surface area contributed by atoms with Crippen LogP contribution in [0.15, 0.2) is 18.2 Å². The van der Waals surface area contributed by atoms with Crippen LogP contribution in [0.4, 0.5) is 0 Å². The number of nitrogens with one attached hydrogen (secondary N) is 1. The summed E-state index contributed by atoms with van der Waals surface area (Å²) in [4.78, 5) is 0. The zero-order valence-electron chi connectivity index (χ0n) is 12.3. The Labute approximate surface area is 115 Å². The van der Waals surface area contributed by atoms with E-state index >= 15 is 0 Å². The number of hydrogen-bond acceptors (Lipinski definition) is 4.